The summed E-state index contributed by atoms with van der Waals surface area (Å²) >= 11 is 0. The maximum Gasteiger partial charge on any atom is 0.238 e. The van der Waals surface area contributed by atoms with Crippen molar-refractivity contribution in [3.8, 4) is 0 Å². The summed E-state index contributed by atoms with van der Waals surface area (Å²) in [5.74, 6) is 0.131. The molecule has 0 spiro atoms. The normalized spacial score (nSPS) is 21.5. The van der Waals surface area contributed by atoms with E-state index in [1.54, 1.807) is 0 Å². The van der Waals surface area contributed by atoms with Gasteiger partial charge in [-0.1, -0.05) is 12.8 Å². The number of anilines is 2. The molecule has 1 unspecified atom stereocenters. The van der Waals surface area contributed by atoms with Crippen molar-refractivity contribution in [3.05, 3.63) is 24.3 Å². The van der Waals surface area contributed by atoms with E-state index in [1.165, 1.54) is 25.7 Å². The Balaban J connectivity index is 1.46. The average Bonchev–Trinajstić information content (AvgIpc) is 3.03. The molecule has 1 atom stereocenters. The second-order valence-corrected chi connectivity index (χ2v) is 6.99. The van der Waals surface area contributed by atoms with Crippen LogP contribution in [0.3, 0.4) is 0 Å². The van der Waals surface area contributed by atoms with E-state index in [0.29, 0.717) is 6.54 Å². The zero-order valence-corrected chi connectivity index (χ0v) is 14.7. The third-order valence-electron chi connectivity index (χ3n) is 4.93. The van der Waals surface area contributed by atoms with Gasteiger partial charge in [0, 0.05) is 17.9 Å². The maximum atomic E-state index is 12.2. The number of hydrogen-bond acceptors (Lipinski definition) is 4. The Hall–Kier alpha value is -1.92. The third-order valence-corrected chi connectivity index (χ3v) is 4.93. The molecule has 3 rings (SSSR count). The molecule has 2 heterocycles. The van der Waals surface area contributed by atoms with E-state index in [2.05, 4.69) is 20.9 Å². The van der Waals surface area contributed by atoms with Gasteiger partial charge in [-0.3, -0.25) is 14.5 Å². The molecule has 0 aromatic heterocycles. The van der Waals surface area contributed by atoms with E-state index in [9.17, 15) is 9.59 Å². The SMILES string of the molecule is O=C(CN1CCCCCC1)Nc1ccc(NC(=O)C2CCNC2)cc1. The number of likely N-dealkylation sites (tertiary alicyclic amines) is 1. The summed E-state index contributed by atoms with van der Waals surface area (Å²) in [5, 5.41) is 9.07. The van der Waals surface area contributed by atoms with Crippen molar-refractivity contribution in [1.82, 2.24) is 10.2 Å². The number of hydrogen-bond donors (Lipinski definition) is 3. The first-order chi connectivity index (χ1) is 12.2. The van der Waals surface area contributed by atoms with Crippen LogP contribution >= 0.6 is 0 Å². The molecule has 136 valence electrons. The van der Waals surface area contributed by atoms with Crippen molar-refractivity contribution < 1.29 is 9.59 Å². The van der Waals surface area contributed by atoms with Gasteiger partial charge in [-0.25, -0.2) is 0 Å². The largest absolute Gasteiger partial charge is 0.326 e. The summed E-state index contributed by atoms with van der Waals surface area (Å²) in [7, 11) is 0. The van der Waals surface area contributed by atoms with Gasteiger partial charge in [0.1, 0.15) is 0 Å². The molecule has 0 saturated carbocycles. The Morgan fingerprint density at radius 3 is 2.24 bits per heavy atom. The number of nitrogens with one attached hydrogen (secondary N) is 3. The highest BCUT2D eigenvalue weighted by atomic mass is 16.2. The van der Waals surface area contributed by atoms with Gasteiger partial charge in [0.15, 0.2) is 0 Å². The standard InChI is InChI=1S/C19H28N4O2/c24-18(14-23-11-3-1-2-4-12-23)21-16-5-7-17(8-6-16)22-19(25)15-9-10-20-13-15/h5-8,15,20H,1-4,9-14H2,(H,21,24)(H,22,25). The fourth-order valence-corrected chi connectivity index (χ4v) is 3.46. The Morgan fingerprint density at radius 1 is 1.00 bits per heavy atom. The zero-order chi connectivity index (χ0) is 17.5. The van der Waals surface area contributed by atoms with Gasteiger partial charge < -0.3 is 16.0 Å². The Bertz CT molecular complexity index is 574. The Morgan fingerprint density at radius 2 is 1.64 bits per heavy atom. The molecule has 0 bridgehead atoms. The predicted octanol–water partition coefficient (Wildman–Crippen LogP) is 2.05. The van der Waals surface area contributed by atoms with Crippen molar-refractivity contribution in [2.24, 2.45) is 5.92 Å². The highest BCUT2D eigenvalue weighted by Gasteiger charge is 2.22. The number of nitrogens with zero attached hydrogens (tertiary/aromatic N) is 1. The summed E-state index contributed by atoms with van der Waals surface area (Å²) < 4.78 is 0. The van der Waals surface area contributed by atoms with E-state index >= 15 is 0 Å². The van der Waals surface area contributed by atoms with Crippen molar-refractivity contribution in [2.45, 2.75) is 32.1 Å². The van der Waals surface area contributed by atoms with Gasteiger partial charge >= 0.3 is 0 Å². The minimum absolute atomic E-state index is 0.0238. The van der Waals surface area contributed by atoms with Crippen molar-refractivity contribution in [1.29, 1.82) is 0 Å². The van der Waals surface area contributed by atoms with Gasteiger partial charge in [-0.05, 0) is 63.2 Å². The van der Waals surface area contributed by atoms with E-state index in [0.717, 1.165) is 44.0 Å². The van der Waals surface area contributed by atoms with Crippen molar-refractivity contribution in [3.63, 3.8) is 0 Å². The molecular formula is C19H28N4O2. The maximum absolute atomic E-state index is 12.2. The predicted molar refractivity (Wildman–Crippen MR) is 99.6 cm³/mol. The molecule has 2 aliphatic rings. The average molecular weight is 344 g/mol. The van der Waals surface area contributed by atoms with Gasteiger partial charge in [0.2, 0.25) is 11.8 Å². The highest BCUT2D eigenvalue weighted by Crippen LogP contribution is 2.16. The molecular weight excluding hydrogens is 316 g/mol. The lowest BCUT2D eigenvalue weighted by molar-refractivity contribution is -0.119. The van der Waals surface area contributed by atoms with Crippen molar-refractivity contribution in [2.75, 3.05) is 43.4 Å². The van der Waals surface area contributed by atoms with Crippen LogP contribution in [0, 0.1) is 5.92 Å². The van der Waals surface area contributed by atoms with Gasteiger partial charge in [0.25, 0.3) is 0 Å². The van der Waals surface area contributed by atoms with Crippen LogP contribution in [0.2, 0.25) is 0 Å². The van der Waals surface area contributed by atoms with E-state index in [4.69, 9.17) is 0 Å². The summed E-state index contributed by atoms with van der Waals surface area (Å²) in [6, 6.07) is 7.34. The van der Waals surface area contributed by atoms with Crippen LogP contribution in [-0.2, 0) is 9.59 Å². The monoisotopic (exact) mass is 344 g/mol. The molecule has 2 fully saturated rings. The summed E-state index contributed by atoms with van der Waals surface area (Å²) in [5.41, 5.74) is 1.53. The van der Waals surface area contributed by atoms with Gasteiger partial charge in [-0.2, -0.15) is 0 Å². The molecule has 6 heteroatoms. The second kappa shape index (κ2) is 8.97. The first kappa shape index (κ1) is 17.9. The minimum atomic E-state index is 0.0238. The van der Waals surface area contributed by atoms with Crippen LogP contribution in [0.4, 0.5) is 11.4 Å². The molecule has 2 aliphatic heterocycles. The summed E-state index contributed by atoms with van der Waals surface area (Å²) in [4.78, 5) is 26.5. The second-order valence-electron chi connectivity index (χ2n) is 6.99. The molecule has 2 saturated heterocycles. The lowest BCUT2D eigenvalue weighted by atomic mass is 10.1. The molecule has 0 aliphatic carbocycles. The van der Waals surface area contributed by atoms with Crippen molar-refractivity contribution >= 4 is 23.2 Å². The highest BCUT2D eigenvalue weighted by molar-refractivity contribution is 5.94. The van der Waals surface area contributed by atoms with Crippen LogP contribution in [-0.4, -0.2) is 49.4 Å². The molecule has 6 nitrogen and oxygen atoms in total. The number of carbonyl (C=O) groups excluding carboxylic acids is 2. The van der Waals surface area contributed by atoms with E-state index < -0.39 is 0 Å². The van der Waals surface area contributed by atoms with Crippen LogP contribution < -0.4 is 16.0 Å². The topological polar surface area (TPSA) is 73.5 Å². The number of rotatable bonds is 5. The summed E-state index contributed by atoms with van der Waals surface area (Å²) in [6.45, 7) is 4.12. The molecule has 1 aromatic rings. The fourth-order valence-electron chi connectivity index (χ4n) is 3.46. The molecule has 3 N–H and O–H groups in total. The van der Waals surface area contributed by atoms with Gasteiger partial charge in [0.05, 0.1) is 12.5 Å². The molecule has 0 radical (unpaired) electrons. The van der Waals surface area contributed by atoms with Crippen LogP contribution in [0.25, 0.3) is 0 Å². The quantitative estimate of drug-likeness (QED) is 0.764. The van der Waals surface area contributed by atoms with E-state index in [1.807, 2.05) is 24.3 Å². The Kier molecular flexibility index (Phi) is 6.42. The fraction of sp³-hybridized carbons (Fsp3) is 0.579. The lowest BCUT2D eigenvalue weighted by Crippen LogP contribution is -2.33. The molecule has 25 heavy (non-hydrogen) atoms. The van der Waals surface area contributed by atoms with Crippen LogP contribution in [0.1, 0.15) is 32.1 Å². The smallest absolute Gasteiger partial charge is 0.238 e. The van der Waals surface area contributed by atoms with Gasteiger partial charge in [-0.15, -0.1) is 0 Å². The number of benzene rings is 1. The number of amides is 2. The molecule has 2 amide bonds. The van der Waals surface area contributed by atoms with Crippen LogP contribution in [0.5, 0.6) is 0 Å². The zero-order valence-electron chi connectivity index (χ0n) is 14.7. The summed E-state index contributed by atoms with van der Waals surface area (Å²) in [6.07, 6.45) is 5.78. The Labute approximate surface area is 149 Å². The molecule has 1 aromatic carbocycles. The third kappa shape index (κ3) is 5.54. The first-order valence-corrected chi connectivity index (χ1v) is 9.34. The number of carbonyl (C=O) groups is 2. The minimum Gasteiger partial charge on any atom is -0.326 e. The first-order valence-electron chi connectivity index (χ1n) is 9.34. The van der Waals surface area contributed by atoms with E-state index in [-0.39, 0.29) is 17.7 Å². The van der Waals surface area contributed by atoms with Crippen LogP contribution in [0.15, 0.2) is 24.3 Å². The lowest BCUT2D eigenvalue weighted by Gasteiger charge is -2.19.